The molecule has 1 aromatic rings. The lowest BCUT2D eigenvalue weighted by Gasteiger charge is -2.18. The summed E-state index contributed by atoms with van der Waals surface area (Å²) in [7, 11) is 1.80. The fourth-order valence-corrected chi connectivity index (χ4v) is 1.91. The van der Waals surface area contributed by atoms with Crippen LogP contribution >= 0.6 is 0 Å². The van der Waals surface area contributed by atoms with Gasteiger partial charge in [0.2, 0.25) is 0 Å². The average Bonchev–Trinajstić information content (AvgIpc) is 2.50. The molecule has 1 atom stereocenters. The number of ether oxygens (including phenoxy) is 1. The smallest absolute Gasteiger partial charge is 0.191 e. The number of benzene rings is 1. The predicted octanol–water partition coefficient (Wildman–Crippen LogP) is 2.73. The van der Waals surface area contributed by atoms with Gasteiger partial charge in [-0.2, -0.15) is 0 Å². The number of unbranched alkanes of at least 4 members (excludes halogenated alkanes) is 1. The van der Waals surface area contributed by atoms with E-state index in [9.17, 15) is 0 Å². The Balaban J connectivity index is 2.26. The van der Waals surface area contributed by atoms with Gasteiger partial charge in [0.15, 0.2) is 5.96 Å². The first kappa shape index (κ1) is 16.5. The Morgan fingerprint density at radius 1 is 1.25 bits per heavy atom. The molecule has 0 heterocycles. The van der Waals surface area contributed by atoms with Crippen molar-refractivity contribution in [2.75, 3.05) is 26.8 Å². The van der Waals surface area contributed by atoms with Crippen molar-refractivity contribution < 1.29 is 4.74 Å². The second-order valence-corrected chi connectivity index (χ2v) is 4.68. The number of nitrogens with zero attached hydrogens (tertiary/aromatic N) is 1. The third kappa shape index (κ3) is 6.57. The van der Waals surface area contributed by atoms with Crippen LogP contribution in [0.15, 0.2) is 35.3 Å². The van der Waals surface area contributed by atoms with Crippen molar-refractivity contribution in [3.05, 3.63) is 35.9 Å². The van der Waals surface area contributed by atoms with Crippen LogP contribution in [0.5, 0.6) is 0 Å². The Labute approximate surface area is 122 Å². The van der Waals surface area contributed by atoms with E-state index in [-0.39, 0.29) is 6.04 Å². The summed E-state index contributed by atoms with van der Waals surface area (Å²) in [5.74, 6) is 0.845. The largest absolute Gasteiger partial charge is 0.382 e. The van der Waals surface area contributed by atoms with Crippen LogP contribution in [0.4, 0.5) is 0 Å². The molecule has 0 saturated carbocycles. The minimum atomic E-state index is 0.242. The Bertz CT molecular complexity index is 379. The SMILES string of the molecule is CCOCCCCNC(=NC)NC(C)c1ccccc1. The summed E-state index contributed by atoms with van der Waals surface area (Å²) in [6.07, 6.45) is 2.16. The van der Waals surface area contributed by atoms with Gasteiger partial charge < -0.3 is 15.4 Å². The molecular formula is C16H27N3O. The van der Waals surface area contributed by atoms with Gasteiger partial charge in [-0.15, -0.1) is 0 Å². The van der Waals surface area contributed by atoms with Crippen LogP contribution in [0.3, 0.4) is 0 Å². The summed E-state index contributed by atoms with van der Waals surface area (Å²) in [6, 6.07) is 10.6. The highest BCUT2D eigenvalue weighted by Crippen LogP contribution is 2.10. The lowest BCUT2D eigenvalue weighted by Crippen LogP contribution is -2.39. The van der Waals surface area contributed by atoms with Crippen molar-refractivity contribution in [1.29, 1.82) is 0 Å². The highest BCUT2D eigenvalue weighted by atomic mass is 16.5. The number of hydrogen-bond donors (Lipinski definition) is 2. The Morgan fingerprint density at radius 3 is 2.65 bits per heavy atom. The zero-order valence-corrected chi connectivity index (χ0v) is 12.9. The molecule has 1 rings (SSSR count). The van der Waals surface area contributed by atoms with Crippen LogP contribution in [-0.4, -0.2) is 32.8 Å². The molecule has 0 spiro atoms. The van der Waals surface area contributed by atoms with Crippen molar-refractivity contribution in [3.8, 4) is 0 Å². The third-order valence-electron chi connectivity index (χ3n) is 3.09. The lowest BCUT2D eigenvalue weighted by atomic mass is 10.1. The van der Waals surface area contributed by atoms with E-state index in [1.54, 1.807) is 7.05 Å². The van der Waals surface area contributed by atoms with E-state index >= 15 is 0 Å². The number of aliphatic imine (C=N–C) groups is 1. The quantitative estimate of drug-likeness (QED) is 0.436. The maximum atomic E-state index is 5.32. The summed E-state index contributed by atoms with van der Waals surface area (Å²) >= 11 is 0. The first-order valence-electron chi connectivity index (χ1n) is 7.37. The summed E-state index contributed by atoms with van der Waals surface area (Å²) in [4.78, 5) is 4.25. The van der Waals surface area contributed by atoms with E-state index in [1.807, 2.05) is 13.0 Å². The van der Waals surface area contributed by atoms with Gasteiger partial charge in [0, 0.05) is 26.8 Å². The Kier molecular flexibility index (Phi) is 8.47. The van der Waals surface area contributed by atoms with Crippen LogP contribution in [0.1, 0.15) is 38.3 Å². The van der Waals surface area contributed by atoms with Crippen LogP contribution in [0.2, 0.25) is 0 Å². The topological polar surface area (TPSA) is 45.6 Å². The monoisotopic (exact) mass is 277 g/mol. The summed E-state index contributed by atoms with van der Waals surface area (Å²) < 4.78 is 5.32. The van der Waals surface area contributed by atoms with Crippen LogP contribution in [-0.2, 0) is 4.74 Å². The molecule has 0 bridgehead atoms. The molecule has 0 aliphatic rings. The highest BCUT2D eigenvalue weighted by Gasteiger charge is 2.06. The van der Waals surface area contributed by atoms with Crippen molar-refractivity contribution in [2.45, 2.75) is 32.7 Å². The molecule has 1 aromatic carbocycles. The first-order valence-corrected chi connectivity index (χ1v) is 7.37. The fraction of sp³-hybridized carbons (Fsp3) is 0.562. The molecule has 0 radical (unpaired) electrons. The molecule has 0 aliphatic carbocycles. The maximum Gasteiger partial charge on any atom is 0.191 e. The Morgan fingerprint density at radius 2 is 2.00 bits per heavy atom. The van der Waals surface area contributed by atoms with Gasteiger partial charge in [0.05, 0.1) is 6.04 Å². The molecule has 0 aromatic heterocycles. The average molecular weight is 277 g/mol. The number of hydrogen-bond acceptors (Lipinski definition) is 2. The van der Waals surface area contributed by atoms with Crippen molar-refractivity contribution in [2.24, 2.45) is 4.99 Å². The second-order valence-electron chi connectivity index (χ2n) is 4.68. The zero-order chi connectivity index (χ0) is 14.6. The van der Waals surface area contributed by atoms with Gasteiger partial charge in [-0.05, 0) is 32.3 Å². The highest BCUT2D eigenvalue weighted by molar-refractivity contribution is 5.80. The molecule has 0 amide bonds. The molecule has 1 unspecified atom stereocenters. The van der Waals surface area contributed by atoms with E-state index < -0.39 is 0 Å². The van der Waals surface area contributed by atoms with Gasteiger partial charge in [0.1, 0.15) is 0 Å². The zero-order valence-electron chi connectivity index (χ0n) is 12.9. The summed E-state index contributed by atoms with van der Waals surface area (Å²) in [5.41, 5.74) is 1.26. The molecule has 4 nitrogen and oxygen atoms in total. The van der Waals surface area contributed by atoms with Crippen molar-refractivity contribution >= 4 is 5.96 Å². The van der Waals surface area contributed by atoms with Crippen LogP contribution in [0.25, 0.3) is 0 Å². The number of rotatable bonds is 8. The van der Waals surface area contributed by atoms with Gasteiger partial charge in [-0.25, -0.2) is 0 Å². The molecule has 20 heavy (non-hydrogen) atoms. The normalized spacial score (nSPS) is 13.1. The predicted molar refractivity (Wildman–Crippen MR) is 85.1 cm³/mol. The molecule has 4 heteroatoms. The van der Waals surface area contributed by atoms with Gasteiger partial charge in [-0.1, -0.05) is 30.3 Å². The molecule has 112 valence electrons. The number of guanidine groups is 1. The lowest BCUT2D eigenvalue weighted by molar-refractivity contribution is 0.143. The standard InChI is InChI=1S/C16H27N3O/c1-4-20-13-9-8-12-18-16(17-3)19-14(2)15-10-6-5-7-11-15/h5-7,10-11,14H,4,8-9,12-13H2,1-3H3,(H2,17,18,19). The first-order chi connectivity index (χ1) is 9.77. The Hall–Kier alpha value is -1.55. The van der Waals surface area contributed by atoms with E-state index in [4.69, 9.17) is 4.74 Å². The van der Waals surface area contributed by atoms with Gasteiger partial charge >= 0.3 is 0 Å². The van der Waals surface area contributed by atoms with E-state index in [1.165, 1.54) is 5.56 Å². The summed E-state index contributed by atoms with van der Waals surface area (Å²) in [6.45, 7) is 6.70. The summed E-state index contributed by atoms with van der Waals surface area (Å²) in [5, 5.41) is 6.72. The van der Waals surface area contributed by atoms with E-state index in [0.29, 0.717) is 0 Å². The van der Waals surface area contributed by atoms with Gasteiger partial charge in [0.25, 0.3) is 0 Å². The number of nitrogens with one attached hydrogen (secondary N) is 2. The minimum absolute atomic E-state index is 0.242. The minimum Gasteiger partial charge on any atom is -0.382 e. The molecule has 2 N–H and O–H groups in total. The molecule has 0 fully saturated rings. The van der Waals surface area contributed by atoms with E-state index in [0.717, 1.165) is 38.6 Å². The van der Waals surface area contributed by atoms with Crippen molar-refractivity contribution in [1.82, 2.24) is 10.6 Å². The molecule has 0 saturated heterocycles. The third-order valence-corrected chi connectivity index (χ3v) is 3.09. The van der Waals surface area contributed by atoms with E-state index in [2.05, 4.69) is 46.8 Å². The fourth-order valence-electron chi connectivity index (χ4n) is 1.91. The van der Waals surface area contributed by atoms with Crippen LogP contribution < -0.4 is 10.6 Å². The van der Waals surface area contributed by atoms with Crippen molar-refractivity contribution in [3.63, 3.8) is 0 Å². The van der Waals surface area contributed by atoms with Gasteiger partial charge in [-0.3, -0.25) is 4.99 Å². The van der Waals surface area contributed by atoms with Crippen LogP contribution in [0, 0.1) is 0 Å². The second kappa shape index (κ2) is 10.3. The maximum absolute atomic E-state index is 5.32. The molecule has 0 aliphatic heterocycles. The molecular weight excluding hydrogens is 250 g/mol.